The number of unbranched alkanes of at least 4 members (excludes halogenated alkanes) is 6. The molecule has 1 rings (SSSR count). The number of rotatable bonds is 8. The van der Waals surface area contributed by atoms with Crippen LogP contribution in [0.25, 0.3) is 0 Å². The van der Waals surface area contributed by atoms with Crippen molar-refractivity contribution in [2.24, 2.45) is 5.73 Å². The van der Waals surface area contributed by atoms with Crippen molar-refractivity contribution in [3.63, 3.8) is 0 Å². The van der Waals surface area contributed by atoms with Crippen LogP contribution in [0, 0.1) is 0 Å². The lowest BCUT2D eigenvalue weighted by Crippen LogP contribution is -2.46. The predicted molar refractivity (Wildman–Crippen MR) is 71.8 cm³/mol. The normalized spacial score (nSPS) is 20.9. The summed E-state index contributed by atoms with van der Waals surface area (Å²) in [6.45, 7) is 3.93. The Balaban J connectivity index is 1.99. The third-order valence-corrected chi connectivity index (χ3v) is 3.57. The van der Waals surface area contributed by atoms with Gasteiger partial charge in [-0.25, -0.2) is 0 Å². The number of amides is 1. The van der Waals surface area contributed by atoms with Crippen LogP contribution in [0.4, 0.5) is 0 Å². The lowest BCUT2D eigenvalue weighted by molar-refractivity contribution is -0.133. The molecule has 1 unspecified atom stereocenters. The summed E-state index contributed by atoms with van der Waals surface area (Å²) in [7, 11) is 0. The quantitative estimate of drug-likeness (QED) is 0.663. The zero-order chi connectivity index (χ0) is 12.5. The first-order valence-corrected chi connectivity index (χ1v) is 7.27. The van der Waals surface area contributed by atoms with Crippen LogP contribution in [-0.2, 0) is 4.79 Å². The van der Waals surface area contributed by atoms with Crippen molar-refractivity contribution in [2.45, 2.75) is 70.8 Å². The van der Waals surface area contributed by atoms with Crippen molar-refractivity contribution in [3.05, 3.63) is 0 Å². The van der Waals surface area contributed by atoms with E-state index in [1.165, 1.54) is 38.5 Å². The van der Waals surface area contributed by atoms with Gasteiger partial charge in [0.1, 0.15) is 0 Å². The molecular weight excluding hydrogens is 212 g/mol. The summed E-state index contributed by atoms with van der Waals surface area (Å²) in [4.78, 5) is 13.6. The third-order valence-electron chi connectivity index (χ3n) is 3.57. The molecule has 1 aliphatic heterocycles. The molecule has 1 fully saturated rings. The largest absolute Gasteiger partial charge is 0.341 e. The molecule has 0 aliphatic carbocycles. The lowest BCUT2D eigenvalue weighted by Gasteiger charge is -2.30. The van der Waals surface area contributed by atoms with Crippen LogP contribution < -0.4 is 5.73 Å². The van der Waals surface area contributed by atoms with E-state index in [2.05, 4.69) is 6.92 Å². The predicted octanol–water partition coefficient (Wildman–Crippen LogP) is 2.69. The molecule has 0 bridgehead atoms. The SMILES string of the molecule is CCCCCCCCCN1CC(N)CCC1=O. The Labute approximate surface area is 106 Å². The number of hydrogen-bond donors (Lipinski definition) is 1. The van der Waals surface area contributed by atoms with Gasteiger partial charge in [-0.15, -0.1) is 0 Å². The van der Waals surface area contributed by atoms with E-state index in [-0.39, 0.29) is 6.04 Å². The summed E-state index contributed by atoms with van der Waals surface area (Å²) in [5.41, 5.74) is 5.88. The Hall–Kier alpha value is -0.570. The molecule has 0 aromatic carbocycles. The van der Waals surface area contributed by atoms with E-state index in [1.54, 1.807) is 0 Å². The Morgan fingerprint density at radius 1 is 1.18 bits per heavy atom. The molecule has 0 aromatic heterocycles. The smallest absolute Gasteiger partial charge is 0.222 e. The molecule has 1 heterocycles. The lowest BCUT2D eigenvalue weighted by atomic mass is 10.0. The van der Waals surface area contributed by atoms with Gasteiger partial charge < -0.3 is 10.6 Å². The molecule has 3 nitrogen and oxygen atoms in total. The van der Waals surface area contributed by atoms with Gasteiger partial charge in [-0.05, 0) is 12.8 Å². The van der Waals surface area contributed by atoms with Gasteiger partial charge in [0.2, 0.25) is 5.91 Å². The van der Waals surface area contributed by atoms with Crippen LogP contribution in [-0.4, -0.2) is 29.9 Å². The second-order valence-corrected chi connectivity index (χ2v) is 5.26. The number of carbonyl (C=O) groups is 1. The summed E-state index contributed by atoms with van der Waals surface area (Å²) in [6.07, 6.45) is 10.6. The van der Waals surface area contributed by atoms with Gasteiger partial charge in [0, 0.05) is 25.6 Å². The molecule has 0 saturated carbocycles. The van der Waals surface area contributed by atoms with Gasteiger partial charge in [-0.1, -0.05) is 45.4 Å². The molecule has 100 valence electrons. The second-order valence-electron chi connectivity index (χ2n) is 5.26. The minimum atomic E-state index is 0.206. The molecule has 0 aromatic rings. The first-order valence-electron chi connectivity index (χ1n) is 7.27. The summed E-state index contributed by atoms with van der Waals surface area (Å²) in [6, 6.07) is 0.206. The van der Waals surface area contributed by atoms with Crippen LogP contribution in [0.5, 0.6) is 0 Å². The van der Waals surface area contributed by atoms with E-state index in [9.17, 15) is 4.79 Å². The van der Waals surface area contributed by atoms with Crippen molar-refractivity contribution in [1.29, 1.82) is 0 Å². The minimum Gasteiger partial charge on any atom is -0.341 e. The average Bonchev–Trinajstić information content (AvgIpc) is 2.32. The van der Waals surface area contributed by atoms with Crippen molar-refractivity contribution in [1.82, 2.24) is 4.90 Å². The van der Waals surface area contributed by atoms with Gasteiger partial charge in [0.15, 0.2) is 0 Å². The number of piperidine rings is 1. The zero-order valence-electron chi connectivity index (χ0n) is 11.3. The van der Waals surface area contributed by atoms with Crippen LogP contribution in [0.15, 0.2) is 0 Å². The highest BCUT2D eigenvalue weighted by molar-refractivity contribution is 5.77. The molecule has 0 radical (unpaired) electrons. The first kappa shape index (κ1) is 14.5. The van der Waals surface area contributed by atoms with E-state index >= 15 is 0 Å². The van der Waals surface area contributed by atoms with Crippen LogP contribution in [0.2, 0.25) is 0 Å². The number of nitrogens with two attached hydrogens (primary N) is 1. The Morgan fingerprint density at radius 3 is 2.53 bits per heavy atom. The Kier molecular flexibility index (Phi) is 7.25. The first-order chi connectivity index (χ1) is 8.24. The maximum absolute atomic E-state index is 11.6. The summed E-state index contributed by atoms with van der Waals surface area (Å²) in [5.74, 6) is 0.303. The zero-order valence-corrected chi connectivity index (χ0v) is 11.3. The molecule has 2 N–H and O–H groups in total. The van der Waals surface area contributed by atoms with Gasteiger partial charge in [0.05, 0.1) is 0 Å². The summed E-state index contributed by atoms with van der Waals surface area (Å²) >= 11 is 0. The molecule has 1 aliphatic rings. The third kappa shape index (κ3) is 6.06. The van der Waals surface area contributed by atoms with E-state index in [1.807, 2.05) is 4.90 Å². The summed E-state index contributed by atoms with van der Waals surface area (Å²) in [5, 5.41) is 0. The maximum Gasteiger partial charge on any atom is 0.222 e. The molecule has 17 heavy (non-hydrogen) atoms. The van der Waals surface area contributed by atoms with Crippen molar-refractivity contribution >= 4 is 5.91 Å². The van der Waals surface area contributed by atoms with Crippen molar-refractivity contribution < 1.29 is 4.79 Å². The molecule has 3 heteroatoms. The maximum atomic E-state index is 11.6. The number of hydrogen-bond acceptors (Lipinski definition) is 2. The van der Waals surface area contributed by atoms with Gasteiger partial charge in [0.25, 0.3) is 0 Å². The average molecular weight is 240 g/mol. The number of nitrogens with zero attached hydrogens (tertiary/aromatic N) is 1. The van der Waals surface area contributed by atoms with E-state index < -0.39 is 0 Å². The molecule has 0 spiro atoms. The summed E-state index contributed by atoms with van der Waals surface area (Å²) < 4.78 is 0. The highest BCUT2D eigenvalue weighted by Crippen LogP contribution is 2.12. The number of carbonyl (C=O) groups excluding carboxylic acids is 1. The Morgan fingerprint density at radius 2 is 1.82 bits per heavy atom. The van der Waals surface area contributed by atoms with E-state index in [4.69, 9.17) is 5.73 Å². The van der Waals surface area contributed by atoms with E-state index in [0.717, 1.165) is 25.9 Å². The number of likely N-dealkylation sites (tertiary alicyclic amines) is 1. The highest BCUT2D eigenvalue weighted by atomic mass is 16.2. The molecular formula is C14H28N2O. The van der Waals surface area contributed by atoms with Crippen molar-refractivity contribution in [3.8, 4) is 0 Å². The molecule has 1 saturated heterocycles. The fraction of sp³-hybridized carbons (Fsp3) is 0.929. The highest BCUT2D eigenvalue weighted by Gasteiger charge is 2.22. The van der Waals surface area contributed by atoms with Gasteiger partial charge in [-0.2, -0.15) is 0 Å². The van der Waals surface area contributed by atoms with Crippen molar-refractivity contribution in [2.75, 3.05) is 13.1 Å². The van der Waals surface area contributed by atoms with Gasteiger partial charge in [-0.3, -0.25) is 4.79 Å². The van der Waals surface area contributed by atoms with E-state index in [0.29, 0.717) is 12.3 Å². The topological polar surface area (TPSA) is 46.3 Å². The van der Waals surface area contributed by atoms with Crippen LogP contribution >= 0.6 is 0 Å². The molecule has 1 amide bonds. The second kappa shape index (κ2) is 8.51. The van der Waals surface area contributed by atoms with Crippen LogP contribution in [0.1, 0.15) is 64.7 Å². The minimum absolute atomic E-state index is 0.206. The van der Waals surface area contributed by atoms with Gasteiger partial charge >= 0.3 is 0 Å². The standard InChI is InChI=1S/C14H28N2O/c1-2-3-4-5-6-7-8-11-16-12-13(15)9-10-14(16)17/h13H,2-12,15H2,1H3. The Bertz CT molecular complexity index is 218. The van der Waals surface area contributed by atoms with Crippen LogP contribution in [0.3, 0.4) is 0 Å². The molecule has 1 atom stereocenters. The monoisotopic (exact) mass is 240 g/mol. The fourth-order valence-corrected chi connectivity index (χ4v) is 2.42. The fourth-order valence-electron chi connectivity index (χ4n) is 2.42.